The summed E-state index contributed by atoms with van der Waals surface area (Å²) in [7, 11) is 0. The molecule has 0 unspecified atom stereocenters. The lowest BCUT2D eigenvalue weighted by Crippen LogP contribution is -1.80. The molecule has 0 aromatic carbocycles. The van der Waals surface area contributed by atoms with Gasteiger partial charge >= 0.3 is 23.1 Å². The van der Waals surface area contributed by atoms with Gasteiger partial charge in [-0.2, -0.15) is 0 Å². The highest BCUT2D eigenvalue weighted by Gasteiger charge is 1.80. The Morgan fingerprint density at radius 3 is 2.00 bits per heavy atom. The van der Waals surface area contributed by atoms with E-state index in [2.05, 4.69) is 6.92 Å². The molecule has 0 aromatic heterocycles. The zero-order chi connectivity index (χ0) is 5.54. The number of rotatable bonds is 4. The summed E-state index contributed by atoms with van der Waals surface area (Å²) in [5.74, 6) is 0. The molecule has 0 fully saturated rings. The largest absolute Gasteiger partial charge is 0.396 e. The number of halogens is 1. The van der Waals surface area contributed by atoms with Crippen LogP contribution in [-0.4, -0.2) is 34.8 Å². The number of hydrogen-bond donors (Lipinski definition) is 1. The van der Waals surface area contributed by atoms with E-state index in [4.69, 9.17) is 5.11 Å². The molecule has 0 aliphatic carbocycles. The van der Waals surface area contributed by atoms with Gasteiger partial charge in [-0.3, -0.25) is 0 Å². The maximum atomic E-state index is 8.29. The molecular weight excluding hydrogens is 192 g/mol. The molecule has 0 amide bonds. The second-order valence-electron chi connectivity index (χ2n) is 1.78. The van der Waals surface area contributed by atoms with Crippen LogP contribution in [0.2, 0.25) is 0 Å². The highest BCUT2D eigenvalue weighted by Crippen LogP contribution is 1.95. The van der Waals surface area contributed by atoms with Gasteiger partial charge in [0.05, 0.1) is 0 Å². The Labute approximate surface area is 84.1 Å². The van der Waals surface area contributed by atoms with Gasteiger partial charge < -0.3 is 5.11 Å². The third-order valence-electron chi connectivity index (χ3n) is 1.01. The Morgan fingerprint density at radius 1 is 1.11 bits per heavy atom. The van der Waals surface area contributed by atoms with Gasteiger partial charge in [0.1, 0.15) is 0 Å². The molecule has 0 rings (SSSR count). The van der Waals surface area contributed by atoms with Crippen molar-refractivity contribution in [3.63, 3.8) is 0 Å². The lowest BCUT2D eigenvalue weighted by Gasteiger charge is -1.90. The Bertz CT molecular complexity index is 32.2. The van der Waals surface area contributed by atoms with Gasteiger partial charge in [0, 0.05) is 6.61 Å². The molecule has 0 saturated carbocycles. The Kier molecular flexibility index (Phi) is 29.8. The van der Waals surface area contributed by atoms with Crippen LogP contribution in [0, 0.1) is 0 Å². The summed E-state index contributed by atoms with van der Waals surface area (Å²) in [5.41, 5.74) is 0. The number of aliphatic hydroxyl groups is 1. The first-order valence-electron chi connectivity index (χ1n) is 3.02. The van der Waals surface area contributed by atoms with Crippen molar-refractivity contribution in [2.45, 2.75) is 32.6 Å². The van der Waals surface area contributed by atoms with Crippen LogP contribution in [0.15, 0.2) is 0 Å². The van der Waals surface area contributed by atoms with Crippen LogP contribution in [-0.2, 0) is 0 Å². The Morgan fingerprint density at radius 2 is 1.67 bits per heavy atom. The molecule has 0 bridgehead atoms. The van der Waals surface area contributed by atoms with Crippen molar-refractivity contribution in [1.29, 1.82) is 0 Å². The van der Waals surface area contributed by atoms with Gasteiger partial charge in [-0.25, -0.2) is 0 Å². The van der Waals surface area contributed by atoms with E-state index in [9.17, 15) is 0 Å². The Hall–Kier alpha value is 1.21. The first-order valence-corrected chi connectivity index (χ1v) is 3.02. The van der Waals surface area contributed by atoms with E-state index in [1.165, 1.54) is 19.3 Å². The SMILES string of the molecule is Br.CCCCCCO.[MgH2]. The van der Waals surface area contributed by atoms with E-state index in [0.717, 1.165) is 6.42 Å². The third kappa shape index (κ3) is 17.6. The summed E-state index contributed by atoms with van der Waals surface area (Å²) < 4.78 is 0. The summed E-state index contributed by atoms with van der Waals surface area (Å²) in [6.45, 7) is 2.53. The first-order chi connectivity index (χ1) is 3.41. The predicted molar refractivity (Wildman–Crippen MR) is 50.1 cm³/mol. The summed E-state index contributed by atoms with van der Waals surface area (Å²) in [6.07, 6.45) is 4.68. The molecular formula is C6H17BrMgO. The topological polar surface area (TPSA) is 20.2 Å². The normalized spacial score (nSPS) is 7.33. The smallest absolute Gasteiger partial charge is 0.316 e. The molecule has 0 atom stereocenters. The molecule has 56 valence electrons. The minimum absolute atomic E-state index is 0. The number of hydrogen-bond acceptors (Lipinski definition) is 1. The zero-order valence-electron chi connectivity index (χ0n) is 5.39. The van der Waals surface area contributed by atoms with E-state index in [0.29, 0.717) is 6.61 Å². The summed E-state index contributed by atoms with van der Waals surface area (Å²) in [5, 5.41) is 8.29. The van der Waals surface area contributed by atoms with E-state index in [1.54, 1.807) is 0 Å². The van der Waals surface area contributed by atoms with Gasteiger partial charge in [-0.05, 0) is 6.42 Å². The van der Waals surface area contributed by atoms with Crippen LogP contribution < -0.4 is 0 Å². The zero-order valence-corrected chi connectivity index (χ0v) is 7.10. The van der Waals surface area contributed by atoms with Gasteiger partial charge in [-0.1, -0.05) is 26.2 Å². The van der Waals surface area contributed by atoms with E-state index in [-0.39, 0.29) is 40.0 Å². The quantitative estimate of drug-likeness (QED) is 0.545. The number of unbranched alkanes of at least 4 members (excludes halogenated alkanes) is 3. The van der Waals surface area contributed by atoms with Crippen molar-refractivity contribution in [1.82, 2.24) is 0 Å². The fourth-order valence-corrected chi connectivity index (χ4v) is 0.539. The van der Waals surface area contributed by atoms with Crippen LogP contribution in [0.3, 0.4) is 0 Å². The van der Waals surface area contributed by atoms with Crippen LogP contribution in [0.5, 0.6) is 0 Å². The maximum absolute atomic E-state index is 8.29. The van der Waals surface area contributed by atoms with Crippen molar-refractivity contribution < 1.29 is 5.11 Å². The highest BCUT2D eigenvalue weighted by atomic mass is 79.9. The lowest BCUT2D eigenvalue weighted by atomic mass is 10.2. The highest BCUT2D eigenvalue weighted by molar-refractivity contribution is 8.93. The van der Waals surface area contributed by atoms with Gasteiger partial charge in [0.15, 0.2) is 0 Å². The minimum atomic E-state index is 0. The second kappa shape index (κ2) is 16.1. The fourth-order valence-electron chi connectivity index (χ4n) is 0.539. The van der Waals surface area contributed by atoms with Crippen molar-refractivity contribution in [2.24, 2.45) is 0 Å². The molecule has 1 N–H and O–H groups in total. The number of aliphatic hydroxyl groups excluding tert-OH is 1. The van der Waals surface area contributed by atoms with Crippen molar-refractivity contribution in [2.75, 3.05) is 6.61 Å². The van der Waals surface area contributed by atoms with Crippen molar-refractivity contribution in [3.8, 4) is 0 Å². The summed E-state index contributed by atoms with van der Waals surface area (Å²) in [6, 6.07) is 0. The van der Waals surface area contributed by atoms with Crippen LogP contribution in [0.1, 0.15) is 32.6 Å². The molecule has 0 saturated heterocycles. The van der Waals surface area contributed by atoms with Crippen LogP contribution >= 0.6 is 17.0 Å². The monoisotopic (exact) mass is 208 g/mol. The molecule has 0 spiro atoms. The second-order valence-corrected chi connectivity index (χ2v) is 1.78. The average molecular weight is 209 g/mol. The molecule has 0 aliphatic heterocycles. The molecule has 0 aliphatic rings. The average Bonchev–Trinajstić information content (AvgIpc) is 1.69. The summed E-state index contributed by atoms with van der Waals surface area (Å²) >= 11 is 0. The Balaban J connectivity index is -0.000000180. The first kappa shape index (κ1) is 16.7. The fraction of sp³-hybridized carbons (Fsp3) is 1.00. The lowest BCUT2D eigenvalue weighted by molar-refractivity contribution is 0.283. The molecule has 0 radical (unpaired) electrons. The van der Waals surface area contributed by atoms with E-state index >= 15 is 0 Å². The standard InChI is InChI=1S/C6H14O.BrH.Mg.2H/c1-2-3-4-5-6-7;;;;/h7H,2-6H2,1H3;1H;;;. The van der Waals surface area contributed by atoms with Crippen molar-refractivity contribution in [3.05, 3.63) is 0 Å². The van der Waals surface area contributed by atoms with E-state index < -0.39 is 0 Å². The maximum Gasteiger partial charge on any atom is 0.316 e. The summed E-state index contributed by atoms with van der Waals surface area (Å²) in [4.78, 5) is 0. The van der Waals surface area contributed by atoms with Gasteiger partial charge in [0.25, 0.3) is 0 Å². The van der Waals surface area contributed by atoms with Crippen LogP contribution in [0.4, 0.5) is 0 Å². The van der Waals surface area contributed by atoms with Crippen LogP contribution in [0.25, 0.3) is 0 Å². The molecule has 9 heavy (non-hydrogen) atoms. The minimum Gasteiger partial charge on any atom is -0.396 e. The molecule has 0 heterocycles. The van der Waals surface area contributed by atoms with Gasteiger partial charge in [0.2, 0.25) is 0 Å². The van der Waals surface area contributed by atoms with Crippen molar-refractivity contribution >= 4 is 40.0 Å². The molecule has 3 heteroatoms. The third-order valence-corrected chi connectivity index (χ3v) is 1.01. The van der Waals surface area contributed by atoms with Gasteiger partial charge in [-0.15, -0.1) is 17.0 Å². The van der Waals surface area contributed by atoms with E-state index in [1.807, 2.05) is 0 Å². The molecule has 1 nitrogen and oxygen atoms in total. The predicted octanol–water partition coefficient (Wildman–Crippen LogP) is 1.22. The molecule has 0 aromatic rings.